The van der Waals surface area contributed by atoms with Gasteiger partial charge in [-0.1, -0.05) is 12.5 Å². The number of hydrogen-bond donors (Lipinski definition) is 2. The van der Waals surface area contributed by atoms with Crippen molar-refractivity contribution in [2.45, 2.75) is 51.8 Å². The molecule has 0 radical (unpaired) electrons. The van der Waals surface area contributed by atoms with E-state index in [-0.39, 0.29) is 24.8 Å². The summed E-state index contributed by atoms with van der Waals surface area (Å²) in [4.78, 5) is 43.5. The maximum Gasteiger partial charge on any atom is 0.296 e. The van der Waals surface area contributed by atoms with E-state index in [4.69, 9.17) is 4.74 Å². The van der Waals surface area contributed by atoms with Gasteiger partial charge < -0.3 is 20.1 Å². The largest absolute Gasteiger partial charge is 0.501 e. The van der Waals surface area contributed by atoms with Crippen molar-refractivity contribution in [2.75, 3.05) is 18.1 Å². The Bertz CT molecular complexity index is 1120. The molecule has 170 valence electrons. The Hall–Kier alpha value is -3.27. The van der Waals surface area contributed by atoms with Crippen molar-refractivity contribution in [3.05, 3.63) is 51.5 Å². The number of aromatic nitrogens is 2. The molecule has 0 saturated carbocycles. The zero-order chi connectivity index (χ0) is 22.8. The third-order valence-corrected chi connectivity index (χ3v) is 5.79. The molecule has 2 aromatic rings. The van der Waals surface area contributed by atoms with Crippen LogP contribution in [0, 0.1) is 5.82 Å². The normalized spacial score (nSPS) is 18.8. The molecule has 1 aromatic heterocycles. The molecule has 3 heterocycles. The summed E-state index contributed by atoms with van der Waals surface area (Å²) in [5.41, 5.74) is -0.149. The van der Waals surface area contributed by atoms with Gasteiger partial charge in [-0.3, -0.25) is 19.0 Å². The molecule has 2 aliphatic heterocycles. The first-order valence-electron chi connectivity index (χ1n) is 10.7. The second-order valence-corrected chi connectivity index (χ2v) is 7.95. The van der Waals surface area contributed by atoms with Crippen molar-refractivity contribution in [3.8, 4) is 5.75 Å². The number of carbonyl (C=O) groups is 2. The zero-order valence-corrected chi connectivity index (χ0v) is 17.8. The second kappa shape index (κ2) is 9.07. The van der Waals surface area contributed by atoms with Crippen LogP contribution in [0.2, 0.25) is 0 Å². The van der Waals surface area contributed by atoms with E-state index in [1.54, 1.807) is 11.8 Å². The maximum absolute atomic E-state index is 14.0. The van der Waals surface area contributed by atoms with Gasteiger partial charge in [0.25, 0.3) is 11.5 Å². The number of halogens is 1. The average Bonchev–Trinajstić information content (AvgIpc) is 2.99. The Morgan fingerprint density at radius 2 is 2.09 bits per heavy atom. The van der Waals surface area contributed by atoms with Crippen molar-refractivity contribution in [2.24, 2.45) is 0 Å². The maximum atomic E-state index is 14.0. The number of ether oxygens (including phenoxy) is 1. The number of amides is 2. The first-order valence-corrected chi connectivity index (χ1v) is 10.7. The molecule has 1 unspecified atom stereocenters. The van der Waals surface area contributed by atoms with Gasteiger partial charge in [-0.15, -0.1) is 0 Å². The van der Waals surface area contributed by atoms with Gasteiger partial charge in [-0.2, -0.15) is 0 Å². The lowest BCUT2D eigenvalue weighted by Gasteiger charge is -2.25. The molecule has 2 aliphatic rings. The molecule has 32 heavy (non-hydrogen) atoms. The predicted molar refractivity (Wildman–Crippen MR) is 113 cm³/mol. The van der Waals surface area contributed by atoms with E-state index in [1.165, 1.54) is 22.8 Å². The number of rotatable bonds is 4. The Morgan fingerprint density at radius 3 is 2.91 bits per heavy atom. The number of hydrogen-bond acceptors (Lipinski definition) is 6. The number of benzene rings is 1. The Kier molecular flexibility index (Phi) is 6.22. The van der Waals surface area contributed by atoms with Crippen LogP contribution in [0.3, 0.4) is 0 Å². The monoisotopic (exact) mass is 444 g/mol. The van der Waals surface area contributed by atoms with E-state index in [1.807, 2.05) is 0 Å². The van der Waals surface area contributed by atoms with Crippen LogP contribution < -0.4 is 15.8 Å². The first kappa shape index (κ1) is 21.9. The van der Waals surface area contributed by atoms with Crippen molar-refractivity contribution in [1.82, 2.24) is 14.9 Å². The fraction of sp³-hybridized carbons (Fsp3) is 0.455. The molecule has 10 heteroatoms. The minimum atomic E-state index is -0.752. The molecular weight excluding hydrogens is 419 g/mol. The van der Waals surface area contributed by atoms with Crippen LogP contribution in [0.4, 0.5) is 10.1 Å². The van der Waals surface area contributed by atoms with Crippen LogP contribution in [0.5, 0.6) is 5.75 Å². The third-order valence-electron chi connectivity index (χ3n) is 5.79. The minimum Gasteiger partial charge on any atom is -0.501 e. The summed E-state index contributed by atoms with van der Waals surface area (Å²) < 4.78 is 20.7. The van der Waals surface area contributed by atoms with Crippen LogP contribution >= 0.6 is 0 Å². The molecule has 1 saturated heterocycles. The minimum absolute atomic E-state index is 0.0379. The molecule has 2 amide bonds. The average molecular weight is 444 g/mol. The highest BCUT2D eigenvalue weighted by atomic mass is 19.1. The summed E-state index contributed by atoms with van der Waals surface area (Å²) >= 11 is 0. The standard InChI is InChI=1S/C22H25FN4O5/c1-13-20-25-18(19(29)22(31)27(20)9-10-32-13)21(30)24-12-14-6-7-15(23)11-16(14)26-8-4-2-3-5-17(26)28/h6-7,11,13,29H,2-5,8-10,12H2,1H3,(H,24,30). The molecule has 0 bridgehead atoms. The summed E-state index contributed by atoms with van der Waals surface area (Å²) in [5, 5.41) is 12.9. The predicted octanol–water partition coefficient (Wildman–Crippen LogP) is 2.02. The highest BCUT2D eigenvalue weighted by Gasteiger charge is 2.27. The van der Waals surface area contributed by atoms with E-state index in [2.05, 4.69) is 10.3 Å². The number of nitrogens with one attached hydrogen (secondary N) is 1. The molecule has 1 atom stereocenters. The fourth-order valence-electron chi connectivity index (χ4n) is 4.08. The van der Waals surface area contributed by atoms with Crippen LogP contribution in [0.25, 0.3) is 0 Å². The fourth-order valence-corrected chi connectivity index (χ4v) is 4.08. The third kappa shape index (κ3) is 4.22. The Balaban J connectivity index is 1.59. The quantitative estimate of drug-likeness (QED) is 0.746. The number of aromatic hydroxyl groups is 1. The van der Waals surface area contributed by atoms with Crippen LogP contribution in [-0.2, 0) is 22.6 Å². The molecule has 0 aliphatic carbocycles. The SMILES string of the molecule is CC1OCCn2c1nc(C(=O)NCc1ccc(F)cc1N1CCCCCC1=O)c(O)c2=O. The lowest BCUT2D eigenvalue weighted by atomic mass is 10.1. The van der Waals surface area contributed by atoms with Crippen LogP contribution in [-0.4, -0.2) is 39.6 Å². The summed E-state index contributed by atoms with van der Waals surface area (Å²) in [6, 6.07) is 4.05. The van der Waals surface area contributed by atoms with Crippen LogP contribution in [0.15, 0.2) is 23.0 Å². The van der Waals surface area contributed by atoms with Crippen molar-refractivity contribution in [1.29, 1.82) is 0 Å². The molecule has 1 fully saturated rings. The lowest BCUT2D eigenvalue weighted by Crippen LogP contribution is -2.36. The van der Waals surface area contributed by atoms with Crippen molar-refractivity contribution >= 4 is 17.5 Å². The lowest BCUT2D eigenvalue weighted by molar-refractivity contribution is -0.118. The molecule has 1 aromatic carbocycles. The molecule has 2 N–H and O–H groups in total. The topological polar surface area (TPSA) is 114 Å². The molecule has 4 rings (SSSR count). The van der Waals surface area contributed by atoms with Gasteiger partial charge in [0.2, 0.25) is 11.7 Å². The smallest absolute Gasteiger partial charge is 0.296 e. The van der Waals surface area contributed by atoms with Gasteiger partial charge >= 0.3 is 0 Å². The number of fused-ring (bicyclic) bond motifs is 1. The highest BCUT2D eigenvalue weighted by Crippen LogP contribution is 2.26. The van der Waals surface area contributed by atoms with Gasteiger partial charge in [0.15, 0.2) is 5.69 Å². The van der Waals surface area contributed by atoms with Crippen molar-refractivity contribution in [3.63, 3.8) is 0 Å². The summed E-state index contributed by atoms with van der Waals surface area (Å²) in [7, 11) is 0. The Labute approximate surface area is 183 Å². The van der Waals surface area contributed by atoms with E-state index < -0.39 is 34.8 Å². The second-order valence-electron chi connectivity index (χ2n) is 7.95. The summed E-state index contributed by atoms with van der Waals surface area (Å²) in [6.07, 6.45) is 2.41. The van der Waals surface area contributed by atoms with Crippen molar-refractivity contribution < 1.29 is 23.8 Å². The van der Waals surface area contributed by atoms with Gasteiger partial charge in [0, 0.05) is 19.5 Å². The first-order chi connectivity index (χ1) is 15.4. The molecular formula is C22H25FN4O5. The number of carbonyl (C=O) groups excluding carboxylic acids is 2. The van der Waals surface area contributed by atoms with E-state index in [9.17, 15) is 23.9 Å². The van der Waals surface area contributed by atoms with Gasteiger partial charge in [-0.05, 0) is 37.5 Å². The van der Waals surface area contributed by atoms with E-state index in [0.29, 0.717) is 30.8 Å². The van der Waals surface area contributed by atoms with Gasteiger partial charge in [0.05, 0.1) is 18.8 Å². The molecule has 9 nitrogen and oxygen atoms in total. The zero-order valence-electron chi connectivity index (χ0n) is 17.8. The van der Waals surface area contributed by atoms with E-state index >= 15 is 0 Å². The summed E-state index contributed by atoms with van der Waals surface area (Å²) in [5.74, 6) is -1.79. The van der Waals surface area contributed by atoms with Crippen LogP contribution in [0.1, 0.15) is 60.6 Å². The van der Waals surface area contributed by atoms with E-state index in [0.717, 1.165) is 19.3 Å². The van der Waals surface area contributed by atoms with Gasteiger partial charge in [0.1, 0.15) is 17.7 Å². The highest BCUT2D eigenvalue weighted by molar-refractivity contribution is 5.96. The Morgan fingerprint density at radius 1 is 1.28 bits per heavy atom. The van der Waals surface area contributed by atoms with Gasteiger partial charge in [-0.25, -0.2) is 9.37 Å². The number of nitrogens with zero attached hydrogens (tertiary/aromatic N) is 3. The summed E-state index contributed by atoms with van der Waals surface area (Å²) in [6.45, 7) is 2.70. The molecule has 0 spiro atoms. The number of anilines is 1.